The fraction of sp³-hybridized carbons (Fsp3) is 0.933. The van der Waals surface area contributed by atoms with Crippen LogP contribution < -0.4 is 5.73 Å². The summed E-state index contributed by atoms with van der Waals surface area (Å²) in [5, 5.41) is 0. The van der Waals surface area contributed by atoms with Gasteiger partial charge in [-0.2, -0.15) is 0 Å². The van der Waals surface area contributed by atoms with Gasteiger partial charge in [-0.1, -0.05) is 64.7 Å². The van der Waals surface area contributed by atoms with Crippen LogP contribution in [0.25, 0.3) is 0 Å². The van der Waals surface area contributed by atoms with Gasteiger partial charge in [0.2, 0.25) is 0 Å². The van der Waals surface area contributed by atoms with Gasteiger partial charge < -0.3 is 10.5 Å². The van der Waals surface area contributed by atoms with Gasteiger partial charge >= 0.3 is 5.97 Å². The number of carbonyl (C=O) groups is 1. The molecule has 0 saturated heterocycles. The summed E-state index contributed by atoms with van der Waals surface area (Å²) in [5.41, 5.74) is 5.39. The van der Waals surface area contributed by atoms with E-state index in [1.54, 1.807) is 6.92 Å². The van der Waals surface area contributed by atoms with Crippen LogP contribution in [0.1, 0.15) is 78.1 Å². The maximum absolute atomic E-state index is 11.1. The first-order chi connectivity index (χ1) is 8.68. The Morgan fingerprint density at radius 2 is 1.37 bits per heavy atom. The number of esters is 1. The molecule has 19 heavy (non-hydrogen) atoms. The molecule has 0 aliphatic heterocycles. The van der Waals surface area contributed by atoms with Crippen molar-refractivity contribution in [2.45, 2.75) is 84.1 Å². The van der Waals surface area contributed by atoms with Gasteiger partial charge in [-0.25, -0.2) is 0 Å². The highest BCUT2D eigenvalue weighted by Crippen LogP contribution is 2.10. The molecule has 0 aliphatic rings. The minimum atomic E-state index is -0.492. The summed E-state index contributed by atoms with van der Waals surface area (Å²) in [6.07, 6.45) is 12.9. The third-order valence-electron chi connectivity index (χ3n) is 3.11. The van der Waals surface area contributed by atoms with E-state index in [-0.39, 0.29) is 18.4 Å². The van der Waals surface area contributed by atoms with Gasteiger partial charge in [0.15, 0.2) is 0 Å². The van der Waals surface area contributed by atoms with Crippen molar-refractivity contribution < 1.29 is 9.53 Å². The molecule has 0 amide bonds. The molecule has 0 saturated carbocycles. The van der Waals surface area contributed by atoms with Crippen LogP contribution in [0, 0.1) is 0 Å². The van der Waals surface area contributed by atoms with E-state index in [9.17, 15) is 4.79 Å². The molecule has 0 aromatic rings. The molecule has 4 heteroatoms. The quantitative estimate of drug-likeness (QED) is 0.433. The molecule has 0 aliphatic carbocycles. The first-order valence-corrected chi connectivity index (χ1v) is 7.60. The molecule has 0 fully saturated rings. The molecule has 3 nitrogen and oxygen atoms in total. The standard InChI is InChI=1S/C15H31NO2.ClH/c1-3-4-5-6-7-8-9-10-11-12-13-18-15(17)14(2)16;/h14H,3-13,16H2,1-2H3;1H/t14-;/m1./s1. The Kier molecular flexibility index (Phi) is 17.5. The molecule has 0 radical (unpaired) electrons. The highest BCUT2D eigenvalue weighted by Gasteiger charge is 2.07. The highest BCUT2D eigenvalue weighted by molar-refractivity contribution is 5.85. The number of hydrogen-bond acceptors (Lipinski definition) is 3. The second kappa shape index (κ2) is 15.8. The largest absolute Gasteiger partial charge is 0.465 e. The second-order valence-corrected chi connectivity index (χ2v) is 5.14. The molecule has 116 valence electrons. The van der Waals surface area contributed by atoms with E-state index in [1.165, 1.54) is 51.4 Å². The average molecular weight is 294 g/mol. The van der Waals surface area contributed by atoms with Crippen LogP contribution in [0.3, 0.4) is 0 Å². The SMILES string of the molecule is CCCCCCCCCCCCOC(=O)[C@@H](C)N.Cl. The molecule has 0 spiro atoms. The average Bonchev–Trinajstić information content (AvgIpc) is 2.35. The van der Waals surface area contributed by atoms with Crippen molar-refractivity contribution in [2.24, 2.45) is 5.73 Å². The van der Waals surface area contributed by atoms with E-state index >= 15 is 0 Å². The van der Waals surface area contributed by atoms with Crippen LogP contribution in [-0.4, -0.2) is 18.6 Å². The molecular weight excluding hydrogens is 262 g/mol. The third-order valence-corrected chi connectivity index (χ3v) is 3.11. The Morgan fingerprint density at radius 1 is 0.947 bits per heavy atom. The predicted molar refractivity (Wildman–Crippen MR) is 83.7 cm³/mol. The van der Waals surface area contributed by atoms with Crippen molar-refractivity contribution in [2.75, 3.05) is 6.61 Å². The Hall–Kier alpha value is -0.280. The monoisotopic (exact) mass is 293 g/mol. The van der Waals surface area contributed by atoms with Gasteiger partial charge in [0.05, 0.1) is 6.61 Å². The molecule has 1 atom stereocenters. The van der Waals surface area contributed by atoms with Gasteiger partial charge in [0, 0.05) is 0 Å². The van der Waals surface area contributed by atoms with Crippen molar-refractivity contribution >= 4 is 18.4 Å². The summed E-state index contributed by atoms with van der Waals surface area (Å²) in [4.78, 5) is 11.1. The Labute approximate surface area is 125 Å². The molecule has 0 heterocycles. The van der Waals surface area contributed by atoms with E-state index in [0.717, 1.165) is 12.8 Å². The lowest BCUT2D eigenvalue weighted by molar-refractivity contribution is -0.144. The van der Waals surface area contributed by atoms with Crippen LogP contribution in [0.15, 0.2) is 0 Å². The number of ether oxygens (including phenoxy) is 1. The third kappa shape index (κ3) is 15.7. The second-order valence-electron chi connectivity index (χ2n) is 5.14. The summed E-state index contributed by atoms with van der Waals surface area (Å²) in [7, 11) is 0. The lowest BCUT2D eigenvalue weighted by Gasteiger charge is -2.06. The summed E-state index contributed by atoms with van der Waals surface area (Å²) in [5.74, 6) is -0.286. The van der Waals surface area contributed by atoms with E-state index in [2.05, 4.69) is 6.92 Å². The van der Waals surface area contributed by atoms with Gasteiger partial charge in [0.1, 0.15) is 6.04 Å². The van der Waals surface area contributed by atoms with Crippen LogP contribution in [0.4, 0.5) is 0 Å². The summed E-state index contributed by atoms with van der Waals surface area (Å²) in [6, 6.07) is -0.492. The van der Waals surface area contributed by atoms with E-state index < -0.39 is 6.04 Å². The molecule has 0 bridgehead atoms. The number of rotatable bonds is 12. The van der Waals surface area contributed by atoms with E-state index in [1.807, 2.05) is 0 Å². The van der Waals surface area contributed by atoms with Crippen LogP contribution >= 0.6 is 12.4 Å². The Bertz CT molecular complexity index is 199. The lowest BCUT2D eigenvalue weighted by atomic mass is 10.1. The predicted octanol–water partition coefficient (Wildman–Crippen LogP) is 4.22. The van der Waals surface area contributed by atoms with Crippen molar-refractivity contribution in [3.63, 3.8) is 0 Å². The van der Waals surface area contributed by atoms with Gasteiger partial charge in [-0.15, -0.1) is 12.4 Å². The van der Waals surface area contributed by atoms with Crippen molar-refractivity contribution in [3.8, 4) is 0 Å². The minimum absolute atomic E-state index is 0. The normalized spacial score (nSPS) is 11.7. The molecular formula is C15H32ClNO2. The first-order valence-electron chi connectivity index (χ1n) is 7.60. The van der Waals surface area contributed by atoms with Gasteiger partial charge in [-0.05, 0) is 13.3 Å². The maximum atomic E-state index is 11.1. The summed E-state index contributed by atoms with van der Waals surface area (Å²) >= 11 is 0. The number of halogens is 1. The Balaban J connectivity index is 0. The van der Waals surface area contributed by atoms with E-state index in [4.69, 9.17) is 10.5 Å². The zero-order valence-corrected chi connectivity index (χ0v) is 13.5. The maximum Gasteiger partial charge on any atom is 0.322 e. The van der Waals surface area contributed by atoms with Crippen molar-refractivity contribution in [3.05, 3.63) is 0 Å². The smallest absolute Gasteiger partial charge is 0.322 e. The first kappa shape index (κ1) is 21.0. The Morgan fingerprint density at radius 3 is 1.79 bits per heavy atom. The fourth-order valence-corrected chi connectivity index (χ4v) is 1.89. The van der Waals surface area contributed by atoms with Crippen LogP contribution in [0.5, 0.6) is 0 Å². The fourth-order valence-electron chi connectivity index (χ4n) is 1.89. The lowest BCUT2D eigenvalue weighted by Crippen LogP contribution is -2.28. The molecule has 0 unspecified atom stereocenters. The van der Waals surface area contributed by atoms with Crippen LogP contribution in [0.2, 0.25) is 0 Å². The van der Waals surface area contributed by atoms with Crippen LogP contribution in [-0.2, 0) is 9.53 Å². The molecule has 0 aromatic heterocycles. The zero-order chi connectivity index (χ0) is 13.6. The highest BCUT2D eigenvalue weighted by atomic mass is 35.5. The van der Waals surface area contributed by atoms with E-state index in [0.29, 0.717) is 6.61 Å². The van der Waals surface area contributed by atoms with Crippen molar-refractivity contribution in [1.82, 2.24) is 0 Å². The number of hydrogen-bond donors (Lipinski definition) is 1. The summed E-state index contributed by atoms with van der Waals surface area (Å²) < 4.78 is 5.01. The van der Waals surface area contributed by atoms with Gasteiger partial charge in [0.25, 0.3) is 0 Å². The molecule has 0 rings (SSSR count). The summed E-state index contributed by atoms with van der Waals surface area (Å²) in [6.45, 7) is 4.43. The number of unbranched alkanes of at least 4 members (excludes halogenated alkanes) is 9. The number of carbonyl (C=O) groups excluding carboxylic acids is 1. The zero-order valence-electron chi connectivity index (χ0n) is 12.7. The topological polar surface area (TPSA) is 52.3 Å². The van der Waals surface area contributed by atoms with Gasteiger partial charge in [-0.3, -0.25) is 4.79 Å². The van der Waals surface area contributed by atoms with Crippen molar-refractivity contribution in [1.29, 1.82) is 0 Å². The molecule has 2 N–H and O–H groups in total. The minimum Gasteiger partial charge on any atom is -0.465 e. The number of nitrogens with two attached hydrogens (primary N) is 1. The molecule has 0 aromatic carbocycles.